The third kappa shape index (κ3) is 8.19. The Kier molecular flexibility index (Phi) is 10.8. The summed E-state index contributed by atoms with van der Waals surface area (Å²) in [5.74, 6) is 1.41. The van der Waals surface area contributed by atoms with E-state index < -0.39 is 0 Å². The zero-order chi connectivity index (χ0) is 16.3. The quantitative estimate of drug-likeness (QED) is 0.277. The predicted molar refractivity (Wildman–Crippen MR) is 109 cm³/mol. The summed E-state index contributed by atoms with van der Waals surface area (Å²) >= 11 is 0. The van der Waals surface area contributed by atoms with E-state index in [0.29, 0.717) is 31.8 Å². The Bertz CT molecular complexity index is 491. The molecule has 1 saturated carbocycles. The highest BCUT2D eigenvalue weighted by atomic mass is 127. The minimum absolute atomic E-state index is 0. The first-order chi connectivity index (χ1) is 11.3. The minimum atomic E-state index is 0. The van der Waals surface area contributed by atoms with Crippen LogP contribution in [0.1, 0.15) is 44.1 Å². The van der Waals surface area contributed by atoms with E-state index in [1.165, 1.54) is 32.1 Å². The second-order valence-electron chi connectivity index (χ2n) is 6.02. The van der Waals surface area contributed by atoms with Gasteiger partial charge in [-0.15, -0.1) is 24.0 Å². The molecular formula is C18H30IN3O2. The fraction of sp³-hybridized carbons (Fsp3) is 0.611. The van der Waals surface area contributed by atoms with Crippen LogP contribution in [0.5, 0.6) is 5.75 Å². The molecule has 0 unspecified atom stereocenters. The molecule has 0 heterocycles. The van der Waals surface area contributed by atoms with Crippen LogP contribution in [0, 0.1) is 0 Å². The van der Waals surface area contributed by atoms with Crippen molar-refractivity contribution >= 4 is 29.9 Å². The molecule has 0 bridgehead atoms. The number of ether oxygens (including phenoxy) is 2. The van der Waals surface area contributed by atoms with Crippen molar-refractivity contribution in [1.82, 2.24) is 5.32 Å². The van der Waals surface area contributed by atoms with Crippen LogP contribution >= 0.6 is 24.0 Å². The molecule has 5 nitrogen and oxygen atoms in total. The zero-order valence-electron chi connectivity index (χ0n) is 14.5. The average molecular weight is 447 g/mol. The Morgan fingerprint density at radius 3 is 2.79 bits per heavy atom. The molecule has 1 fully saturated rings. The maximum atomic E-state index is 6.00. The highest BCUT2D eigenvalue weighted by molar-refractivity contribution is 14.0. The summed E-state index contributed by atoms with van der Waals surface area (Å²) in [6.07, 6.45) is 7.19. The molecule has 0 spiro atoms. The Labute approximate surface area is 162 Å². The van der Waals surface area contributed by atoms with E-state index >= 15 is 0 Å². The molecule has 0 saturated heterocycles. The van der Waals surface area contributed by atoms with Crippen molar-refractivity contribution in [3.05, 3.63) is 29.8 Å². The van der Waals surface area contributed by atoms with E-state index in [4.69, 9.17) is 15.2 Å². The van der Waals surface area contributed by atoms with Crippen LogP contribution in [0.4, 0.5) is 0 Å². The molecule has 1 aliphatic rings. The first-order valence-corrected chi connectivity index (χ1v) is 8.55. The lowest BCUT2D eigenvalue weighted by Crippen LogP contribution is -2.41. The van der Waals surface area contributed by atoms with Gasteiger partial charge in [0.1, 0.15) is 5.75 Å². The summed E-state index contributed by atoms with van der Waals surface area (Å²) in [6, 6.07) is 8.50. The third-order valence-corrected chi connectivity index (χ3v) is 4.05. The van der Waals surface area contributed by atoms with Crippen molar-refractivity contribution < 1.29 is 9.47 Å². The molecule has 0 radical (unpaired) electrons. The van der Waals surface area contributed by atoms with Gasteiger partial charge in [-0.25, -0.2) is 4.99 Å². The van der Waals surface area contributed by atoms with E-state index in [-0.39, 0.29) is 24.0 Å². The topological polar surface area (TPSA) is 68.9 Å². The van der Waals surface area contributed by atoms with Crippen molar-refractivity contribution in [3.8, 4) is 5.75 Å². The van der Waals surface area contributed by atoms with Gasteiger partial charge in [-0.2, -0.15) is 0 Å². The Balaban J connectivity index is 0.00000288. The summed E-state index contributed by atoms with van der Waals surface area (Å²) in [5, 5.41) is 3.33. The normalized spacial score (nSPS) is 15.6. The van der Waals surface area contributed by atoms with Crippen LogP contribution in [0.2, 0.25) is 0 Å². The summed E-state index contributed by atoms with van der Waals surface area (Å²) in [6.45, 7) is 1.94. The van der Waals surface area contributed by atoms with Crippen LogP contribution in [0.3, 0.4) is 0 Å². The second-order valence-corrected chi connectivity index (χ2v) is 6.02. The van der Waals surface area contributed by atoms with Crippen LogP contribution in [0.15, 0.2) is 29.3 Å². The van der Waals surface area contributed by atoms with Crippen molar-refractivity contribution in [3.63, 3.8) is 0 Å². The van der Waals surface area contributed by atoms with Crippen molar-refractivity contribution in [2.24, 2.45) is 10.7 Å². The zero-order valence-corrected chi connectivity index (χ0v) is 16.8. The SMILES string of the molecule is COCCCOc1cccc(CN=C(N)NC2CCCCC2)c1.I. The molecule has 1 aromatic rings. The van der Waals surface area contributed by atoms with Gasteiger partial charge in [0.15, 0.2) is 5.96 Å². The van der Waals surface area contributed by atoms with Gasteiger partial charge in [0.25, 0.3) is 0 Å². The Hall–Kier alpha value is -1.02. The number of hydrogen-bond donors (Lipinski definition) is 2. The molecule has 1 aromatic carbocycles. The van der Waals surface area contributed by atoms with Crippen LogP contribution in [0.25, 0.3) is 0 Å². The van der Waals surface area contributed by atoms with E-state index in [1.807, 2.05) is 24.3 Å². The van der Waals surface area contributed by atoms with E-state index in [2.05, 4.69) is 10.3 Å². The average Bonchev–Trinajstić information content (AvgIpc) is 2.58. The molecule has 0 aliphatic heterocycles. The Morgan fingerprint density at radius 1 is 1.25 bits per heavy atom. The first kappa shape index (κ1) is 21.0. The summed E-state index contributed by atoms with van der Waals surface area (Å²) < 4.78 is 10.7. The predicted octanol–water partition coefficient (Wildman–Crippen LogP) is 3.46. The largest absolute Gasteiger partial charge is 0.493 e. The smallest absolute Gasteiger partial charge is 0.189 e. The fourth-order valence-corrected chi connectivity index (χ4v) is 2.81. The van der Waals surface area contributed by atoms with Gasteiger partial charge < -0.3 is 20.5 Å². The highest BCUT2D eigenvalue weighted by Crippen LogP contribution is 2.17. The standard InChI is InChI=1S/C18H29N3O2.HI/c1-22-11-6-12-23-17-10-5-7-15(13-17)14-20-18(19)21-16-8-3-2-4-9-16;/h5,7,10,13,16H,2-4,6,8-9,11-12,14H2,1H3,(H3,19,20,21);1H. The maximum Gasteiger partial charge on any atom is 0.189 e. The number of nitrogens with one attached hydrogen (secondary N) is 1. The van der Waals surface area contributed by atoms with Gasteiger partial charge in [-0.3, -0.25) is 0 Å². The first-order valence-electron chi connectivity index (χ1n) is 8.55. The monoisotopic (exact) mass is 447 g/mol. The van der Waals surface area contributed by atoms with Gasteiger partial charge in [0.05, 0.1) is 13.2 Å². The van der Waals surface area contributed by atoms with Crippen molar-refractivity contribution in [1.29, 1.82) is 0 Å². The number of nitrogens with two attached hydrogens (primary N) is 1. The number of aliphatic imine (C=N–C) groups is 1. The number of halogens is 1. The molecular weight excluding hydrogens is 417 g/mol. The number of methoxy groups -OCH3 is 1. The van der Waals surface area contributed by atoms with Gasteiger partial charge in [-0.05, 0) is 30.5 Å². The lowest BCUT2D eigenvalue weighted by molar-refractivity contribution is 0.172. The number of nitrogens with zero attached hydrogens (tertiary/aromatic N) is 1. The number of hydrogen-bond acceptors (Lipinski definition) is 3. The van der Waals surface area contributed by atoms with Crippen LogP contribution < -0.4 is 15.8 Å². The third-order valence-electron chi connectivity index (χ3n) is 4.05. The number of benzene rings is 1. The van der Waals surface area contributed by atoms with Crippen LogP contribution in [-0.2, 0) is 11.3 Å². The molecule has 136 valence electrons. The van der Waals surface area contributed by atoms with E-state index in [1.54, 1.807) is 7.11 Å². The molecule has 24 heavy (non-hydrogen) atoms. The number of guanidine groups is 1. The van der Waals surface area contributed by atoms with Crippen molar-refractivity contribution in [2.75, 3.05) is 20.3 Å². The van der Waals surface area contributed by atoms with E-state index in [0.717, 1.165) is 17.7 Å². The maximum absolute atomic E-state index is 6.00. The molecule has 2 rings (SSSR count). The molecule has 1 aliphatic carbocycles. The molecule has 0 aromatic heterocycles. The fourth-order valence-electron chi connectivity index (χ4n) is 2.81. The van der Waals surface area contributed by atoms with Gasteiger partial charge in [-0.1, -0.05) is 31.4 Å². The lowest BCUT2D eigenvalue weighted by Gasteiger charge is -2.23. The van der Waals surface area contributed by atoms with Crippen LogP contribution in [-0.4, -0.2) is 32.3 Å². The Morgan fingerprint density at radius 2 is 2.04 bits per heavy atom. The minimum Gasteiger partial charge on any atom is -0.493 e. The summed E-state index contributed by atoms with van der Waals surface area (Å²) in [5.41, 5.74) is 7.10. The number of rotatable bonds is 8. The highest BCUT2D eigenvalue weighted by Gasteiger charge is 2.13. The summed E-state index contributed by atoms with van der Waals surface area (Å²) in [4.78, 5) is 4.45. The lowest BCUT2D eigenvalue weighted by atomic mass is 9.96. The van der Waals surface area contributed by atoms with E-state index in [9.17, 15) is 0 Å². The second kappa shape index (κ2) is 12.4. The molecule has 0 amide bonds. The molecule has 0 atom stereocenters. The van der Waals surface area contributed by atoms with Gasteiger partial charge >= 0.3 is 0 Å². The molecule has 3 N–H and O–H groups in total. The van der Waals surface area contributed by atoms with Crippen molar-refractivity contribution in [2.45, 2.75) is 51.1 Å². The van der Waals surface area contributed by atoms with Gasteiger partial charge in [0, 0.05) is 26.2 Å². The molecule has 6 heteroatoms. The van der Waals surface area contributed by atoms with Gasteiger partial charge in [0.2, 0.25) is 0 Å². The summed E-state index contributed by atoms with van der Waals surface area (Å²) in [7, 11) is 1.70.